The third kappa shape index (κ3) is 2.01. The molecule has 0 aromatic carbocycles. The highest BCUT2D eigenvalue weighted by Crippen LogP contribution is 2.34. The van der Waals surface area contributed by atoms with Crippen molar-refractivity contribution in [1.29, 1.82) is 0 Å². The van der Waals surface area contributed by atoms with E-state index >= 15 is 0 Å². The normalized spacial score (nSPS) is 17.6. The summed E-state index contributed by atoms with van der Waals surface area (Å²) >= 11 is 5.28. The highest BCUT2D eigenvalue weighted by molar-refractivity contribution is 6.30. The zero-order valence-corrected chi connectivity index (χ0v) is 7.43. The molecule has 0 aliphatic carbocycles. The molecule has 0 aromatic rings. The summed E-state index contributed by atoms with van der Waals surface area (Å²) in [5.41, 5.74) is -1.15. The quantitative estimate of drug-likeness (QED) is 0.646. The molecule has 1 N–H and O–H groups in total. The Balaban J connectivity index is 3.09. The highest BCUT2D eigenvalue weighted by atomic mass is 35.5. The molecule has 0 aromatic heterocycles. The third-order valence-electron chi connectivity index (χ3n) is 1.57. The summed E-state index contributed by atoms with van der Waals surface area (Å²) in [6.45, 7) is -0.173. The zero-order chi connectivity index (χ0) is 10.9. The van der Waals surface area contributed by atoms with Gasteiger partial charge in [-0.25, -0.2) is 4.79 Å². The molecule has 1 aliphatic rings. The van der Waals surface area contributed by atoms with Crippen LogP contribution in [0.15, 0.2) is 22.9 Å². The lowest BCUT2D eigenvalue weighted by molar-refractivity contribution is -0.0897. The topological polar surface area (TPSA) is 40.5 Å². The van der Waals surface area contributed by atoms with Crippen molar-refractivity contribution in [3.63, 3.8) is 0 Å². The summed E-state index contributed by atoms with van der Waals surface area (Å²) in [6, 6.07) is 0. The van der Waals surface area contributed by atoms with Crippen LogP contribution in [-0.4, -0.2) is 28.8 Å². The molecular weight excluding hydrogens is 223 g/mol. The monoisotopic (exact) mass is 227 g/mol. The van der Waals surface area contributed by atoms with Crippen LogP contribution in [0.2, 0.25) is 0 Å². The summed E-state index contributed by atoms with van der Waals surface area (Å²) in [7, 11) is 0. The Kier molecular flexibility index (Phi) is 2.75. The average molecular weight is 228 g/mol. The maximum Gasteiger partial charge on any atom is 0.419 e. The molecule has 0 atom stereocenters. The molecule has 0 saturated heterocycles. The lowest BCUT2D eigenvalue weighted by atomic mass is 10.2. The van der Waals surface area contributed by atoms with Gasteiger partial charge in [0, 0.05) is 6.54 Å². The molecule has 1 amide bonds. The molecular formula is C7H5ClF3NO2. The smallest absolute Gasteiger partial charge is 0.419 e. The van der Waals surface area contributed by atoms with E-state index < -0.39 is 23.0 Å². The molecule has 7 heteroatoms. The second-order valence-electron chi connectivity index (χ2n) is 2.50. The lowest BCUT2D eigenvalue weighted by Gasteiger charge is -2.23. The largest absolute Gasteiger partial charge is 0.465 e. The molecule has 0 bridgehead atoms. The first kappa shape index (κ1) is 10.9. The predicted molar refractivity (Wildman–Crippen MR) is 42.8 cm³/mol. The van der Waals surface area contributed by atoms with Crippen LogP contribution in [0.1, 0.15) is 0 Å². The fourth-order valence-corrected chi connectivity index (χ4v) is 1.26. The molecule has 0 radical (unpaired) electrons. The molecule has 0 spiro atoms. The van der Waals surface area contributed by atoms with Crippen molar-refractivity contribution in [2.24, 2.45) is 0 Å². The summed E-state index contributed by atoms with van der Waals surface area (Å²) in [5.74, 6) is 0. The third-order valence-corrected chi connectivity index (χ3v) is 1.98. The van der Waals surface area contributed by atoms with Crippen molar-refractivity contribution in [3.05, 3.63) is 22.9 Å². The van der Waals surface area contributed by atoms with E-state index in [1.165, 1.54) is 0 Å². The Morgan fingerprint density at radius 2 is 2.14 bits per heavy atom. The van der Waals surface area contributed by atoms with E-state index in [4.69, 9.17) is 16.7 Å². The van der Waals surface area contributed by atoms with Gasteiger partial charge >= 0.3 is 12.3 Å². The molecule has 0 unspecified atom stereocenters. The van der Waals surface area contributed by atoms with Gasteiger partial charge in [0.15, 0.2) is 0 Å². The summed E-state index contributed by atoms with van der Waals surface area (Å²) in [5, 5.41) is 7.69. The van der Waals surface area contributed by atoms with Crippen LogP contribution in [0.25, 0.3) is 0 Å². The van der Waals surface area contributed by atoms with Crippen LogP contribution in [-0.2, 0) is 0 Å². The number of nitrogens with zero attached hydrogens (tertiary/aromatic N) is 1. The van der Waals surface area contributed by atoms with Crippen LogP contribution < -0.4 is 0 Å². The van der Waals surface area contributed by atoms with Gasteiger partial charge in [-0.3, -0.25) is 4.90 Å². The summed E-state index contributed by atoms with van der Waals surface area (Å²) in [6.07, 6.45) is -4.30. The van der Waals surface area contributed by atoms with Gasteiger partial charge in [-0.2, -0.15) is 13.2 Å². The fourth-order valence-electron chi connectivity index (χ4n) is 0.944. The first-order chi connectivity index (χ1) is 6.34. The molecule has 1 rings (SSSR count). The molecule has 78 valence electrons. The molecule has 14 heavy (non-hydrogen) atoms. The fraction of sp³-hybridized carbons (Fsp3) is 0.286. The van der Waals surface area contributed by atoms with Gasteiger partial charge in [-0.15, -0.1) is 0 Å². The number of hydrogen-bond acceptors (Lipinski definition) is 1. The number of carboxylic acid groups (broad SMARTS) is 1. The van der Waals surface area contributed by atoms with Gasteiger partial charge in [-0.05, 0) is 6.08 Å². The van der Waals surface area contributed by atoms with Gasteiger partial charge < -0.3 is 5.11 Å². The van der Waals surface area contributed by atoms with Gasteiger partial charge in [0.2, 0.25) is 0 Å². The number of carbonyl (C=O) groups is 1. The summed E-state index contributed by atoms with van der Waals surface area (Å²) < 4.78 is 36.6. The van der Waals surface area contributed by atoms with E-state index in [-0.39, 0.29) is 6.54 Å². The molecule has 3 nitrogen and oxygen atoms in total. The predicted octanol–water partition coefficient (Wildman–Crippen LogP) is 2.55. The van der Waals surface area contributed by atoms with E-state index in [1.807, 2.05) is 0 Å². The van der Waals surface area contributed by atoms with Crippen molar-refractivity contribution in [3.8, 4) is 0 Å². The second-order valence-corrected chi connectivity index (χ2v) is 2.86. The number of hydrogen-bond donors (Lipinski definition) is 1. The van der Waals surface area contributed by atoms with Crippen molar-refractivity contribution in [2.45, 2.75) is 6.18 Å². The van der Waals surface area contributed by atoms with Gasteiger partial charge in [0.05, 0.1) is 5.57 Å². The highest BCUT2D eigenvalue weighted by Gasteiger charge is 2.38. The Labute approximate surface area is 82.1 Å². The maximum absolute atomic E-state index is 12.2. The Hall–Kier alpha value is -1.17. The Bertz CT molecular complexity index is 321. The number of rotatable bonds is 0. The zero-order valence-electron chi connectivity index (χ0n) is 6.68. The number of alkyl halides is 3. The van der Waals surface area contributed by atoms with Crippen LogP contribution in [0.5, 0.6) is 0 Å². The standard InChI is InChI=1S/C7H5ClF3NO2/c8-5-4(7(9,10)11)2-1-3-12(5)6(13)14/h1-2H,3H2,(H,13,14). The molecule has 1 aliphatic heterocycles. The van der Waals surface area contributed by atoms with E-state index in [0.717, 1.165) is 12.2 Å². The number of halogens is 4. The molecule has 0 saturated carbocycles. The first-order valence-electron chi connectivity index (χ1n) is 3.48. The average Bonchev–Trinajstić information content (AvgIpc) is 2.01. The number of amides is 1. The summed E-state index contributed by atoms with van der Waals surface area (Å²) in [4.78, 5) is 10.9. The Morgan fingerprint density at radius 3 is 2.57 bits per heavy atom. The Morgan fingerprint density at radius 1 is 1.57 bits per heavy atom. The van der Waals surface area contributed by atoms with Crippen molar-refractivity contribution in [2.75, 3.05) is 6.54 Å². The minimum atomic E-state index is -4.64. The van der Waals surface area contributed by atoms with E-state index in [9.17, 15) is 18.0 Å². The minimum Gasteiger partial charge on any atom is -0.465 e. The number of allylic oxidation sites excluding steroid dienone is 2. The van der Waals surface area contributed by atoms with Crippen LogP contribution >= 0.6 is 11.6 Å². The SMILES string of the molecule is O=C(O)N1CC=CC(C(F)(F)F)=C1Cl. The van der Waals surface area contributed by atoms with Crippen molar-refractivity contribution >= 4 is 17.7 Å². The molecule has 1 heterocycles. The van der Waals surface area contributed by atoms with Crippen molar-refractivity contribution in [1.82, 2.24) is 4.90 Å². The second kappa shape index (κ2) is 3.53. The van der Waals surface area contributed by atoms with Crippen LogP contribution in [0.3, 0.4) is 0 Å². The minimum absolute atomic E-state index is 0.173. The van der Waals surface area contributed by atoms with E-state index in [0.29, 0.717) is 4.90 Å². The van der Waals surface area contributed by atoms with Crippen LogP contribution in [0, 0.1) is 0 Å². The van der Waals surface area contributed by atoms with Gasteiger partial charge in [0.1, 0.15) is 5.16 Å². The molecule has 0 fully saturated rings. The van der Waals surface area contributed by atoms with E-state index in [1.54, 1.807) is 0 Å². The van der Waals surface area contributed by atoms with Crippen LogP contribution in [0.4, 0.5) is 18.0 Å². The van der Waals surface area contributed by atoms with Crippen molar-refractivity contribution < 1.29 is 23.1 Å². The van der Waals surface area contributed by atoms with Gasteiger partial charge in [0.25, 0.3) is 0 Å². The van der Waals surface area contributed by atoms with E-state index in [2.05, 4.69) is 0 Å². The maximum atomic E-state index is 12.2. The van der Waals surface area contributed by atoms with Gasteiger partial charge in [-0.1, -0.05) is 17.7 Å². The lowest BCUT2D eigenvalue weighted by Crippen LogP contribution is -2.32. The first-order valence-corrected chi connectivity index (χ1v) is 3.86.